The summed E-state index contributed by atoms with van der Waals surface area (Å²) in [6.07, 6.45) is 4.11. The van der Waals surface area contributed by atoms with Crippen molar-refractivity contribution in [1.29, 1.82) is 0 Å². The van der Waals surface area contributed by atoms with Crippen molar-refractivity contribution >= 4 is 23.6 Å². The Kier molecular flexibility index (Phi) is 4.57. The largest absolute Gasteiger partial charge is 0.338 e. The van der Waals surface area contributed by atoms with Gasteiger partial charge in [-0.15, -0.1) is 0 Å². The van der Waals surface area contributed by atoms with Crippen LogP contribution in [0.25, 0.3) is 11.1 Å². The summed E-state index contributed by atoms with van der Waals surface area (Å²) in [7, 11) is 0. The first-order valence-corrected chi connectivity index (χ1v) is 9.24. The van der Waals surface area contributed by atoms with E-state index < -0.39 is 0 Å². The molecule has 1 aliphatic rings. The number of anilines is 1. The van der Waals surface area contributed by atoms with Gasteiger partial charge in [0.1, 0.15) is 0 Å². The van der Waals surface area contributed by atoms with Gasteiger partial charge in [0.05, 0.1) is 23.2 Å². The van der Waals surface area contributed by atoms with Crippen molar-refractivity contribution in [2.75, 3.05) is 11.1 Å². The van der Waals surface area contributed by atoms with Crippen LogP contribution in [0.5, 0.6) is 0 Å². The highest BCUT2D eigenvalue weighted by atomic mass is 32.2. The Morgan fingerprint density at radius 1 is 1.27 bits per heavy atom. The van der Waals surface area contributed by atoms with Gasteiger partial charge in [0.2, 0.25) is 11.8 Å². The number of benzene rings is 1. The minimum absolute atomic E-state index is 0.1000. The van der Waals surface area contributed by atoms with E-state index in [1.165, 1.54) is 11.8 Å². The molecule has 2 N–H and O–H groups in total. The summed E-state index contributed by atoms with van der Waals surface area (Å²) in [5.74, 6) is 0.153. The van der Waals surface area contributed by atoms with Crippen LogP contribution in [-0.2, 0) is 17.6 Å². The van der Waals surface area contributed by atoms with Crippen molar-refractivity contribution in [1.82, 2.24) is 15.1 Å². The summed E-state index contributed by atoms with van der Waals surface area (Å²) in [6.45, 7) is 0. The van der Waals surface area contributed by atoms with Crippen molar-refractivity contribution in [3.05, 3.63) is 58.1 Å². The molecule has 1 amide bonds. The average Bonchev–Trinajstić information content (AvgIpc) is 3.30. The van der Waals surface area contributed by atoms with E-state index in [4.69, 9.17) is 4.52 Å². The molecule has 0 fully saturated rings. The summed E-state index contributed by atoms with van der Waals surface area (Å²) in [4.78, 5) is 31.4. The van der Waals surface area contributed by atoms with Crippen LogP contribution in [0.4, 0.5) is 5.88 Å². The predicted molar refractivity (Wildman–Crippen MR) is 98.2 cm³/mol. The van der Waals surface area contributed by atoms with E-state index in [1.54, 1.807) is 6.20 Å². The van der Waals surface area contributed by atoms with Crippen LogP contribution in [0, 0.1) is 0 Å². The summed E-state index contributed by atoms with van der Waals surface area (Å²) < 4.78 is 5.16. The van der Waals surface area contributed by atoms with E-state index in [2.05, 4.69) is 20.4 Å². The maximum Gasteiger partial charge on any atom is 0.254 e. The third-order valence-electron chi connectivity index (χ3n) is 4.17. The molecular weight excluding hydrogens is 352 g/mol. The van der Waals surface area contributed by atoms with Crippen LogP contribution >= 0.6 is 11.8 Å². The summed E-state index contributed by atoms with van der Waals surface area (Å²) in [5, 5.41) is 6.95. The van der Waals surface area contributed by atoms with Gasteiger partial charge in [-0.3, -0.25) is 14.9 Å². The number of thioether (sulfide) groups is 1. The van der Waals surface area contributed by atoms with E-state index >= 15 is 0 Å². The lowest BCUT2D eigenvalue weighted by molar-refractivity contribution is -0.113. The van der Waals surface area contributed by atoms with E-state index in [-0.39, 0.29) is 17.2 Å². The lowest BCUT2D eigenvalue weighted by atomic mass is 10.1. The number of carbonyl (C=O) groups excluding carboxylic acids is 1. The highest BCUT2D eigenvalue weighted by Crippen LogP contribution is 2.27. The quantitative estimate of drug-likeness (QED) is 0.530. The van der Waals surface area contributed by atoms with Gasteiger partial charge in [0, 0.05) is 5.56 Å². The van der Waals surface area contributed by atoms with Crippen LogP contribution in [0.1, 0.15) is 17.7 Å². The van der Waals surface area contributed by atoms with Crippen molar-refractivity contribution in [2.45, 2.75) is 24.4 Å². The fraction of sp³-hybridized carbons (Fsp3) is 0.222. The first-order chi connectivity index (χ1) is 12.7. The molecule has 26 heavy (non-hydrogen) atoms. The van der Waals surface area contributed by atoms with E-state index in [0.29, 0.717) is 16.6 Å². The molecule has 0 saturated heterocycles. The standard InChI is InChI=1S/C18H16N4O3S/c23-15(10-26-18-20-14-8-4-7-12(14)16(24)22-18)21-17-13(9-19-25-17)11-5-2-1-3-6-11/h1-3,5-6,9H,4,7-8,10H2,(H,21,23)(H,20,22,24). The number of carbonyl (C=O) groups is 1. The number of aryl methyl sites for hydroxylation is 1. The molecule has 3 aromatic rings. The molecule has 1 aliphatic carbocycles. The first-order valence-electron chi connectivity index (χ1n) is 8.25. The maximum atomic E-state index is 12.2. The average molecular weight is 368 g/mol. The SMILES string of the molecule is O=C(CSc1nc2c(c(=O)[nH]1)CCC2)Nc1oncc1-c1ccccc1. The lowest BCUT2D eigenvalue weighted by Gasteiger charge is -2.05. The molecule has 0 radical (unpaired) electrons. The fourth-order valence-corrected chi connectivity index (χ4v) is 3.62. The number of hydrogen-bond donors (Lipinski definition) is 2. The number of nitrogens with one attached hydrogen (secondary N) is 2. The number of nitrogens with zero attached hydrogens (tertiary/aromatic N) is 2. The molecule has 7 nitrogen and oxygen atoms in total. The van der Waals surface area contributed by atoms with Gasteiger partial charge in [0.25, 0.3) is 5.56 Å². The van der Waals surface area contributed by atoms with E-state index in [1.807, 2.05) is 30.3 Å². The zero-order valence-electron chi connectivity index (χ0n) is 13.8. The number of rotatable bonds is 5. The second kappa shape index (κ2) is 7.17. The van der Waals surface area contributed by atoms with Gasteiger partial charge < -0.3 is 9.51 Å². The molecule has 0 bridgehead atoms. The zero-order chi connectivity index (χ0) is 17.9. The van der Waals surface area contributed by atoms with Crippen molar-refractivity contribution in [3.63, 3.8) is 0 Å². The Balaban J connectivity index is 1.42. The number of aromatic amines is 1. The minimum Gasteiger partial charge on any atom is -0.338 e. The van der Waals surface area contributed by atoms with Crippen LogP contribution in [0.3, 0.4) is 0 Å². The zero-order valence-corrected chi connectivity index (χ0v) is 14.6. The Morgan fingerprint density at radius 2 is 2.12 bits per heavy atom. The van der Waals surface area contributed by atoms with Crippen LogP contribution < -0.4 is 10.9 Å². The number of fused-ring (bicyclic) bond motifs is 1. The molecule has 1 aromatic carbocycles. The molecule has 2 aromatic heterocycles. The molecule has 8 heteroatoms. The van der Waals surface area contributed by atoms with Crippen molar-refractivity contribution < 1.29 is 9.32 Å². The smallest absolute Gasteiger partial charge is 0.254 e. The second-order valence-corrected chi connectivity index (χ2v) is 6.89. The fourth-order valence-electron chi connectivity index (χ4n) is 2.94. The third kappa shape index (κ3) is 3.41. The van der Waals surface area contributed by atoms with Crippen LogP contribution in [0.2, 0.25) is 0 Å². The number of aromatic nitrogens is 3. The highest BCUT2D eigenvalue weighted by Gasteiger charge is 2.18. The van der Waals surface area contributed by atoms with Gasteiger partial charge in [-0.2, -0.15) is 0 Å². The highest BCUT2D eigenvalue weighted by molar-refractivity contribution is 7.99. The summed E-state index contributed by atoms with van der Waals surface area (Å²) >= 11 is 1.19. The molecule has 0 saturated carbocycles. The van der Waals surface area contributed by atoms with Crippen molar-refractivity contribution in [2.24, 2.45) is 0 Å². The van der Waals surface area contributed by atoms with Crippen LogP contribution in [-0.4, -0.2) is 26.8 Å². The number of hydrogen-bond acceptors (Lipinski definition) is 6. The van der Waals surface area contributed by atoms with Gasteiger partial charge in [-0.25, -0.2) is 4.98 Å². The topological polar surface area (TPSA) is 101 Å². The Hall–Kier alpha value is -2.87. The molecule has 132 valence electrons. The predicted octanol–water partition coefficient (Wildman–Crippen LogP) is 2.64. The molecular formula is C18H16N4O3S. The monoisotopic (exact) mass is 368 g/mol. The second-order valence-electron chi connectivity index (χ2n) is 5.92. The molecule has 2 heterocycles. The van der Waals surface area contributed by atoms with E-state index in [9.17, 15) is 9.59 Å². The molecule has 0 spiro atoms. The Labute approximate surface area is 153 Å². The maximum absolute atomic E-state index is 12.2. The molecule has 0 atom stereocenters. The van der Waals surface area contributed by atoms with E-state index in [0.717, 1.165) is 36.1 Å². The first kappa shape index (κ1) is 16.6. The molecule has 4 rings (SSSR count). The normalized spacial score (nSPS) is 12.8. The van der Waals surface area contributed by atoms with Gasteiger partial charge >= 0.3 is 0 Å². The number of amides is 1. The number of H-pyrrole nitrogens is 1. The Morgan fingerprint density at radius 3 is 2.96 bits per heavy atom. The van der Waals surface area contributed by atoms with Gasteiger partial charge in [-0.05, 0) is 24.8 Å². The minimum atomic E-state index is -0.257. The molecule has 0 unspecified atom stereocenters. The van der Waals surface area contributed by atoms with Gasteiger partial charge in [-0.1, -0.05) is 47.3 Å². The summed E-state index contributed by atoms with van der Waals surface area (Å²) in [5.41, 5.74) is 3.14. The molecule has 0 aliphatic heterocycles. The van der Waals surface area contributed by atoms with Crippen LogP contribution in [0.15, 0.2) is 51.0 Å². The Bertz CT molecular complexity index is 997. The van der Waals surface area contributed by atoms with Crippen molar-refractivity contribution in [3.8, 4) is 11.1 Å². The third-order valence-corrected chi connectivity index (χ3v) is 5.04. The van der Waals surface area contributed by atoms with Gasteiger partial charge in [0.15, 0.2) is 5.16 Å². The lowest BCUT2D eigenvalue weighted by Crippen LogP contribution is -2.17. The summed E-state index contributed by atoms with van der Waals surface area (Å²) in [6, 6.07) is 9.54.